The third-order valence-electron chi connectivity index (χ3n) is 5.52. The zero-order valence-corrected chi connectivity index (χ0v) is 17.8. The normalized spacial score (nSPS) is 11.2. The Kier molecular flexibility index (Phi) is 5.96. The van der Waals surface area contributed by atoms with Crippen LogP contribution < -0.4 is 0 Å². The van der Waals surface area contributed by atoms with Crippen LogP contribution in [0.4, 0.5) is 0 Å². The Morgan fingerprint density at radius 1 is 0.833 bits per heavy atom. The first-order chi connectivity index (χ1) is 14.6. The Balaban J connectivity index is 1.70. The van der Waals surface area contributed by atoms with Crippen LogP contribution in [0.3, 0.4) is 0 Å². The minimum absolute atomic E-state index is 0.0637. The third kappa shape index (κ3) is 4.01. The van der Waals surface area contributed by atoms with Gasteiger partial charge in [-0.05, 0) is 42.7 Å². The van der Waals surface area contributed by atoms with Crippen LogP contribution in [0.1, 0.15) is 64.4 Å². The van der Waals surface area contributed by atoms with Gasteiger partial charge in [0.25, 0.3) is 0 Å². The summed E-state index contributed by atoms with van der Waals surface area (Å²) >= 11 is 1.65. The molecule has 0 atom stereocenters. The van der Waals surface area contributed by atoms with Gasteiger partial charge in [0.2, 0.25) is 0 Å². The summed E-state index contributed by atoms with van der Waals surface area (Å²) < 4.78 is 2.21. The van der Waals surface area contributed by atoms with Crippen molar-refractivity contribution >= 4 is 43.3 Å². The first-order valence-electron chi connectivity index (χ1n) is 10.4. The van der Waals surface area contributed by atoms with Crippen molar-refractivity contribution in [2.75, 3.05) is 0 Å². The zero-order valence-electron chi connectivity index (χ0n) is 17.0. The fourth-order valence-electron chi connectivity index (χ4n) is 3.90. The molecule has 0 aliphatic rings. The van der Waals surface area contributed by atoms with E-state index in [0.717, 1.165) is 34.9 Å². The number of carbonyl (C=O) groups excluding carboxylic acids is 1. The number of carbonyl (C=O) groups is 2. The fourth-order valence-corrected chi connectivity index (χ4v) is 5.05. The molecule has 4 aromatic rings. The maximum absolute atomic E-state index is 13.3. The molecule has 1 heterocycles. The standard InChI is InChI=1S/C26H24O3S/c1-2-3-4-5-8-17-11-13-21(26(28)29)22(15-17)25(27)18-12-14-20-19-9-6-7-10-23(19)30-24(20)16-18/h6-7,9-16H,2-5,8H2,1H3,(H,28,29). The summed E-state index contributed by atoms with van der Waals surface area (Å²) in [6, 6.07) is 19.0. The topological polar surface area (TPSA) is 54.4 Å². The average molecular weight is 417 g/mol. The Morgan fingerprint density at radius 2 is 1.63 bits per heavy atom. The lowest BCUT2D eigenvalue weighted by atomic mass is 9.94. The monoisotopic (exact) mass is 416 g/mol. The van der Waals surface area contributed by atoms with E-state index in [9.17, 15) is 14.7 Å². The van der Waals surface area contributed by atoms with Crippen molar-refractivity contribution in [1.29, 1.82) is 0 Å². The van der Waals surface area contributed by atoms with Gasteiger partial charge in [-0.25, -0.2) is 4.79 Å². The highest BCUT2D eigenvalue weighted by Gasteiger charge is 2.19. The third-order valence-corrected chi connectivity index (χ3v) is 6.65. The van der Waals surface area contributed by atoms with Gasteiger partial charge in [0.05, 0.1) is 5.56 Å². The van der Waals surface area contributed by atoms with E-state index in [4.69, 9.17) is 0 Å². The molecule has 30 heavy (non-hydrogen) atoms. The Bertz CT molecular complexity index is 1240. The summed E-state index contributed by atoms with van der Waals surface area (Å²) in [4.78, 5) is 25.0. The molecule has 0 unspecified atom stereocenters. The predicted octanol–water partition coefficient (Wildman–Crippen LogP) is 7.11. The lowest BCUT2D eigenvalue weighted by Crippen LogP contribution is -2.10. The van der Waals surface area contributed by atoms with Gasteiger partial charge in [0.1, 0.15) is 0 Å². The zero-order chi connectivity index (χ0) is 21.1. The van der Waals surface area contributed by atoms with Gasteiger partial charge in [0, 0.05) is 31.3 Å². The maximum atomic E-state index is 13.3. The number of unbranched alkanes of at least 4 members (excludes halogenated alkanes) is 3. The van der Waals surface area contributed by atoms with Crippen LogP contribution in [-0.4, -0.2) is 16.9 Å². The number of hydrogen-bond acceptors (Lipinski definition) is 3. The van der Waals surface area contributed by atoms with Crippen LogP contribution in [0.15, 0.2) is 60.7 Å². The molecule has 1 N–H and O–H groups in total. The Hall–Kier alpha value is -2.98. The molecule has 0 saturated heterocycles. The number of hydrogen-bond donors (Lipinski definition) is 1. The predicted molar refractivity (Wildman–Crippen MR) is 124 cm³/mol. The van der Waals surface area contributed by atoms with E-state index < -0.39 is 5.97 Å². The molecule has 0 aliphatic heterocycles. The molecular weight excluding hydrogens is 392 g/mol. The number of benzene rings is 3. The number of rotatable bonds is 8. The lowest BCUT2D eigenvalue weighted by molar-refractivity contribution is 0.0693. The van der Waals surface area contributed by atoms with Crippen molar-refractivity contribution in [2.45, 2.75) is 39.0 Å². The second kappa shape index (κ2) is 8.80. The van der Waals surface area contributed by atoms with E-state index in [1.54, 1.807) is 23.5 Å². The van der Waals surface area contributed by atoms with Crippen LogP contribution in [0, 0.1) is 0 Å². The first-order valence-corrected chi connectivity index (χ1v) is 11.2. The number of thiophene rings is 1. The van der Waals surface area contributed by atoms with E-state index in [1.807, 2.05) is 36.4 Å². The van der Waals surface area contributed by atoms with Crippen LogP contribution in [0.25, 0.3) is 20.2 Å². The molecule has 0 radical (unpaired) electrons. The minimum Gasteiger partial charge on any atom is -0.478 e. The summed E-state index contributed by atoms with van der Waals surface area (Å²) in [6.45, 7) is 2.17. The second-order valence-corrected chi connectivity index (χ2v) is 8.72. The Labute approximate surface area is 180 Å². The highest BCUT2D eigenvalue weighted by molar-refractivity contribution is 7.25. The van der Waals surface area contributed by atoms with E-state index >= 15 is 0 Å². The fraction of sp³-hybridized carbons (Fsp3) is 0.231. The van der Waals surface area contributed by atoms with Crippen LogP contribution in [-0.2, 0) is 6.42 Å². The van der Waals surface area contributed by atoms with E-state index in [-0.39, 0.29) is 16.9 Å². The summed E-state index contributed by atoms with van der Waals surface area (Å²) in [7, 11) is 0. The molecule has 0 fully saturated rings. The summed E-state index contributed by atoms with van der Waals surface area (Å²) in [5.41, 5.74) is 1.88. The molecule has 3 aromatic carbocycles. The summed E-state index contributed by atoms with van der Waals surface area (Å²) in [6.07, 6.45) is 5.40. The van der Waals surface area contributed by atoms with Crippen LogP contribution >= 0.6 is 11.3 Å². The van der Waals surface area contributed by atoms with Crippen LogP contribution in [0.5, 0.6) is 0 Å². The van der Waals surface area contributed by atoms with Crippen molar-refractivity contribution in [3.8, 4) is 0 Å². The van der Waals surface area contributed by atoms with Gasteiger partial charge in [0.15, 0.2) is 5.78 Å². The maximum Gasteiger partial charge on any atom is 0.336 e. The van der Waals surface area contributed by atoms with Gasteiger partial charge in [-0.1, -0.05) is 62.6 Å². The van der Waals surface area contributed by atoms with Gasteiger partial charge >= 0.3 is 5.97 Å². The molecule has 0 amide bonds. The number of carboxylic acids is 1. The minimum atomic E-state index is -1.07. The molecule has 0 bridgehead atoms. The molecule has 152 valence electrons. The number of ketones is 1. The Morgan fingerprint density at radius 3 is 2.43 bits per heavy atom. The van der Waals surface area contributed by atoms with Crippen molar-refractivity contribution < 1.29 is 14.7 Å². The van der Waals surface area contributed by atoms with E-state index in [1.165, 1.54) is 22.9 Å². The highest BCUT2D eigenvalue weighted by Crippen LogP contribution is 2.34. The largest absolute Gasteiger partial charge is 0.478 e. The van der Waals surface area contributed by atoms with Crippen molar-refractivity contribution in [3.05, 3.63) is 82.9 Å². The molecular formula is C26H24O3S. The van der Waals surface area contributed by atoms with Crippen molar-refractivity contribution in [3.63, 3.8) is 0 Å². The number of aryl methyl sites for hydroxylation is 1. The van der Waals surface area contributed by atoms with E-state index in [0.29, 0.717) is 5.56 Å². The molecule has 1 aromatic heterocycles. The highest BCUT2D eigenvalue weighted by atomic mass is 32.1. The van der Waals surface area contributed by atoms with Crippen molar-refractivity contribution in [2.24, 2.45) is 0 Å². The average Bonchev–Trinajstić information content (AvgIpc) is 3.13. The van der Waals surface area contributed by atoms with Crippen molar-refractivity contribution in [1.82, 2.24) is 0 Å². The molecule has 0 aliphatic carbocycles. The quantitative estimate of drug-likeness (QED) is 0.246. The number of aromatic carboxylic acids is 1. The number of fused-ring (bicyclic) bond motifs is 3. The van der Waals surface area contributed by atoms with Gasteiger partial charge < -0.3 is 5.11 Å². The molecule has 0 spiro atoms. The molecule has 0 saturated carbocycles. The molecule has 4 rings (SSSR count). The second-order valence-electron chi connectivity index (χ2n) is 7.63. The van der Waals surface area contributed by atoms with Gasteiger partial charge in [-0.2, -0.15) is 0 Å². The smallest absolute Gasteiger partial charge is 0.336 e. The first kappa shape index (κ1) is 20.3. The molecule has 4 heteroatoms. The van der Waals surface area contributed by atoms with Crippen LogP contribution in [0.2, 0.25) is 0 Å². The number of carboxylic acid groups (broad SMARTS) is 1. The van der Waals surface area contributed by atoms with E-state index in [2.05, 4.69) is 19.1 Å². The lowest BCUT2D eigenvalue weighted by Gasteiger charge is -2.09. The van der Waals surface area contributed by atoms with Gasteiger partial charge in [-0.3, -0.25) is 4.79 Å². The van der Waals surface area contributed by atoms with Gasteiger partial charge in [-0.15, -0.1) is 11.3 Å². The SMILES string of the molecule is CCCCCCc1ccc(C(=O)O)c(C(=O)c2ccc3c(c2)sc2ccccc23)c1. The summed E-state index contributed by atoms with van der Waals surface area (Å²) in [5, 5.41) is 11.9. The summed E-state index contributed by atoms with van der Waals surface area (Å²) in [5.74, 6) is -1.30. The molecule has 3 nitrogen and oxygen atoms in total.